The van der Waals surface area contributed by atoms with Crippen LogP contribution in [-0.4, -0.2) is 24.3 Å². The molecule has 0 unspecified atom stereocenters. The molecule has 4 nitrogen and oxygen atoms in total. The Morgan fingerprint density at radius 2 is 0.853 bits per heavy atom. The summed E-state index contributed by atoms with van der Waals surface area (Å²) in [5, 5.41) is 7.74. The number of para-hydroxylation sites is 3. The lowest BCUT2D eigenvalue weighted by Crippen LogP contribution is -2.74. The van der Waals surface area contributed by atoms with Crippen LogP contribution in [0.4, 0.5) is 22.7 Å². The van der Waals surface area contributed by atoms with E-state index in [1.807, 2.05) is 6.20 Å². The average molecular weight is 989 g/mol. The molecule has 0 saturated heterocycles. The third-order valence-corrected chi connectivity index (χ3v) is 21.1. The molecule has 3 heterocycles. The van der Waals surface area contributed by atoms with Gasteiger partial charge >= 0.3 is 0 Å². The van der Waals surface area contributed by atoms with E-state index in [9.17, 15) is 0 Å². The smallest absolute Gasteiger partial charge is 0.179 e. The highest BCUT2D eigenvalue weighted by molar-refractivity contribution is 7.20. The van der Waals surface area contributed by atoms with Crippen molar-refractivity contribution in [2.24, 2.45) is 0 Å². The van der Waals surface area contributed by atoms with Gasteiger partial charge in [-0.05, 0) is 115 Å². The summed E-state index contributed by atoms with van der Waals surface area (Å²) in [5.41, 5.74) is 12.9. The van der Waals surface area contributed by atoms with E-state index in [1.54, 1.807) is 0 Å². The fourth-order valence-electron chi connectivity index (χ4n) is 11.9. The molecular formula is C70H64N4Si. The molecule has 11 aromatic rings. The largest absolute Gasteiger partial charge is 0.321 e. The minimum Gasteiger partial charge on any atom is -0.321 e. The molecule has 0 aliphatic carbocycles. The highest BCUT2D eigenvalue weighted by atomic mass is 28.3. The van der Waals surface area contributed by atoms with Crippen LogP contribution in [0.2, 0.25) is 0 Å². The SMILES string of the molecule is CC(C)(C)c1ccnc(-n2c3ccccc3c3ccc([Si](c4ccccc4)(c4ccccc4)c4cccc(N5CN(c6cc(C(C)(C)c7ccccc7)cc(C(C)(C)c7ccccc7)c6)c6ccccc65)c4)cc32)c1. The lowest BCUT2D eigenvalue weighted by atomic mass is 9.73. The van der Waals surface area contributed by atoms with Gasteiger partial charge < -0.3 is 9.80 Å². The Bertz CT molecular complexity index is 3740. The molecule has 0 radical (unpaired) electrons. The second-order valence-electron chi connectivity index (χ2n) is 22.5. The first-order valence-corrected chi connectivity index (χ1v) is 28.5. The average Bonchev–Trinajstić information content (AvgIpc) is 4.05. The van der Waals surface area contributed by atoms with Crippen LogP contribution in [-0.2, 0) is 16.2 Å². The first kappa shape index (κ1) is 47.7. The lowest BCUT2D eigenvalue weighted by molar-refractivity contribution is 0.588. The van der Waals surface area contributed by atoms with Crippen LogP contribution in [0.15, 0.2) is 249 Å². The quantitative estimate of drug-likeness (QED) is 0.0953. The molecule has 2 aromatic heterocycles. The van der Waals surface area contributed by atoms with Crippen molar-refractivity contribution in [3.8, 4) is 5.82 Å². The summed E-state index contributed by atoms with van der Waals surface area (Å²) in [6.45, 7) is 16.9. The van der Waals surface area contributed by atoms with Crippen molar-refractivity contribution in [3.63, 3.8) is 0 Å². The molecule has 5 heteroatoms. The van der Waals surface area contributed by atoms with Crippen LogP contribution in [0.3, 0.4) is 0 Å². The van der Waals surface area contributed by atoms with Gasteiger partial charge in [-0.2, -0.15) is 0 Å². The zero-order valence-corrected chi connectivity index (χ0v) is 45.2. The van der Waals surface area contributed by atoms with Gasteiger partial charge in [-0.25, -0.2) is 4.98 Å². The van der Waals surface area contributed by atoms with Crippen molar-refractivity contribution in [2.45, 2.75) is 64.7 Å². The summed E-state index contributed by atoms with van der Waals surface area (Å²) in [4.78, 5) is 10.2. The van der Waals surface area contributed by atoms with E-state index in [1.165, 1.54) is 76.4 Å². The first-order chi connectivity index (χ1) is 36.3. The third kappa shape index (κ3) is 8.18. The predicted molar refractivity (Wildman–Crippen MR) is 320 cm³/mol. The Hall–Kier alpha value is -8.25. The Balaban J connectivity index is 1.04. The van der Waals surface area contributed by atoms with Crippen molar-refractivity contribution >= 4 is 73.4 Å². The maximum atomic E-state index is 5.09. The molecule has 0 N–H and O–H groups in total. The summed E-state index contributed by atoms with van der Waals surface area (Å²) in [6, 6.07) is 91.0. The van der Waals surface area contributed by atoms with E-state index in [0.29, 0.717) is 6.67 Å². The van der Waals surface area contributed by atoms with Crippen molar-refractivity contribution in [1.82, 2.24) is 9.55 Å². The van der Waals surface area contributed by atoms with Crippen molar-refractivity contribution < 1.29 is 0 Å². The number of nitrogens with zero attached hydrogens (tertiary/aromatic N) is 4. The van der Waals surface area contributed by atoms with E-state index >= 15 is 0 Å². The second-order valence-corrected chi connectivity index (χ2v) is 26.3. The monoisotopic (exact) mass is 988 g/mol. The van der Waals surface area contributed by atoms with E-state index in [4.69, 9.17) is 4.98 Å². The lowest BCUT2D eigenvalue weighted by Gasteiger charge is -2.35. The number of pyridine rings is 1. The molecule has 0 amide bonds. The van der Waals surface area contributed by atoms with E-state index in [-0.39, 0.29) is 16.2 Å². The molecular weight excluding hydrogens is 925 g/mol. The van der Waals surface area contributed by atoms with E-state index < -0.39 is 8.07 Å². The number of fused-ring (bicyclic) bond motifs is 4. The van der Waals surface area contributed by atoms with Crippen LogP contribution < -0.4 is 30.5 Å². The van der Waals surface area contributed by atoms with Gasteiger partial charge in [0.1, 0.15) is 12.5 Å². The molecule has 1 aliphatic rings. The van der Waals surface area contributed by atoms with Gasteiger partial charge in [0, 0.05) is 39.2 Å². The summed E-state index contributed by atoms with van der Waals surface area (Å²) in [7, 11) is -3.08. The number of rotatable bonds is 11. The van der Waals surface area contributed by atoms with Gasteiger partial charge in [0.15, 0.2) is 8.07 Å². The van der Waals surface area contributed by atoms with Crippen molar-refractivity contribution in [3.05, 3.63) is 277 Å². The van der Waals surface area contributed by atoms with Gasteiger partial charge in [0.25, 0.3) is 0 Å². The minimum absolute atomic E-state index is 0.0340. The normalized spacial score (nSPS) is 13.2. The van der Waals surface area contributed by atoms with Gasteiger partial charge in [-0.3, -0.25) is 4.57 Å². The van der Waals surface area contributed by atoms with Crippen LogP contribution in [0.5, 0.6) is 0 Å². The maximum Gasteiger partial charge on any atom is 0.179 e. The van der Waals surface area contributed by atoms with Crippen LogP contribution in [0.25, 0.3) is 27.6 Å². The zero-order valence-electron chi connectivity index (χ0n) is 44.2. The van der Waals surface area contributed by atoms with Gasteiger partial charge in [-0.1, -0.05) is 230 Å². The van der Waals surface area contributed by atoms with Crippen LogP contribution >= 0.6 is 0 Å². The maximum absolute atomic E-state index is 5.09. The molecule has 9 aromatic carbocycles. The van der Waals surface area contributed by atoms with E-state index in [0.717, 1.165) is 22.5 Å². The highest BCUT2D eigenvalue weighted by Crippen LogP contribution is 2.47. The highest BCUT2D eigenvalue weighted by Gasteiger charge is 2.43. The number of hydrogen-bond donors (Lipinski definition) is 0. The molecule has 1 aliphatic heterocycles. The summed E-state index contributed by atoms with van der Waals surface area (Å²) in [6.07, 6.45) is 1.98. The zero-order chi connectivity index (χ0) is 51.5. The second kappa shape index (κ2) is 18.6. The van der Waals surface area contributed by atoms with Crippen molar-refractivity contribution in [2.75, 3.05) is 16.5 Å². The Labute approximate surface area is 444 Å². The van der Waals surface area contributed by atoms with Crippen LogP contribution in [0, 0.1) is 0 Å². The third-order valence-electron chi connectivity index (χ3n) is 16.4. The first-order valence-electron chi connectivity index (χ1n) is 26.5. The summed E-state index contributed by atoms with van der Waals surface area (Å²) in [5.74, 6) is 0.932. The Morgan fingerprint density at radius 1 is 0.360 bits per heavy atom. The predicted octanol–water partition coefficient (Wildman–Crippen LogP) is 14.8. The van der Waals surface area contributed by atoms with Gasteiger partial charge in [0.2, 0.25) is 0 Å². The molecule has 0 saturated carbocycles. The molecule has 75 heavy (non-hydrogen) atoms. The molecule has 0 spiro atoms. The van der Waals surface area contributed by atoms with Gasteiger partial charge in [0.05, 0.1) is 22.4 Å². The molecule has 0 bridgehead atoms. The molecule has 0 fully saturated rings. The Morgan fingerprint density at radius 3 is 1.44 bits per heavy atom. The summed E-state index contributed by atoms with van der Waals surface area (Å²) >= 11 is 0. The molecule has 368 valence electrons. The minimum atomic E-state index is -3.08. The fraction of sp³-hybridized carbons (Fsp3) is 0.157. The molecule has 12 rings (SSSR count). The van der Waals surface area contributed by atoms with Crippen molar-refractivity contribution in [1.29, 1.82) is 0 Å². The van der Waals surface area contributed by atoms with Gasteiger partial charge in [-0.15, -0.1) is 0 Å². The number of benzene rings is 9. The number of hydrogen-bond acceptors (Lipinski definition) is 3. The fourth-order valence-corrected chi connectivity index (χ4v) is 16.7. The summed E-state index contributed by atoms with van der Waals surface area (Å²) < 4.78 is 2.40. The standard InChI is InChI=1S/C70H64N4Si/c1-68(2,3)52-41-42-71-67(46-52)74-63-36-21-20-35-61(63)62-40-39-60(48-66(62)74)75(57-30-16-10-17-31-57,58-32-18-11-19-33-58)59-34-24-29-55(47-59)72-49-73(65-38-23-22-37-64(65)72)56-44-53(69(4,5)50-25-12-8-13-26-50)43-54(45-56)70(6,7)51-27-14-9-15-28-51/h8-48H,49H2,1-7H3. The number of aromatic nitrogens is 2. The number of anilines is 4. The molecule has 0 atom stereocenters. The van der Waals surface area contributed by atoms with Crippen LogP contribution in [0.1, 0.15) is 76.3 Å². The Kier molecular flexibility index (Phi) is 11.8. The topological polar surface area (TPSA) is 24.3 Å². The van der Waals surface area contributed by atoms with E-state index in [2.05, 4.69) is 305 Å².